The van der Waals surface area contributed by atoms with Gasteiger partial charge in [-0.25, -0.2) is 9.59 Å². The number of nitrogens with one attached hydrogen (secondary N) is 2. The summed E-state index contributed by atoms with van der Waals surface area (Å²) in [6, 6.07) is 7.09. The molecule has 1 aromatic carbocycles. The number of amides is 3. The van der Waals surface area contributed by atoms with Crippen molar-refractivity contribution >= 4 is 52.0 Å². The summed E-state index contributed by atoms with van der Waals surface area (Å²) in [5, 5.41) is 4.96. The van der Waals surface area contributed by atoms with Gasteiger partial charge in [0.15, 0.2) is 0 Å². The van der Waals surface area contributed by atoms with Gasteiger partial charge in [0.25, 0.3) is 11.8 Å². The molecule has 0 saturated carbocycles. The van der Waals surface area contributed by atoms with Crippen molar-refractivity contribution in [2.45, 2.75) is 32.6 Å². The van der Waals surface area contributed by atoms with E-state index in [1.165, 1.54) is 11.8 Å². The van der Waals surface area contributed by atoms with E-state index in [0.717, 1.165) is 22.0 Å². The smallest absolute Gasteiger partial charge is 0.414 e. The number of ether oxygens (including phenoxy) is 2. The molecule has 0 radical (unpaired) electrons. The Kier molecular flexibility index (Phi) is 9.07. The largest absolute Gasteiger partial charge is 0.462 e. The van der Waals surface area contributed by atoms with Crippen molar-refractivity contribution in [3.63, 3.8) is 0 Å². The zero-order valence-electron chi connectivity index (χ0n) is 17.7. The molecule has 0 spiro atoms. The van der Waals surface area contributed by atoms with Crippen LogP contribution in [0.1, 0.15) is 56.7 Å². The van der Waals surface area contributed by atoms with Gasteiger partial charge in [0.2, 0.25) is 0 Å². The van der Waals surface area contributed by atoms with Gasteiger partial charge in [0.1, 0.15) is 9.88 Å². The standard InChI is InChI=1S/C21H24N2O6S2/c1-5-28-20(26)16-12(4)15(18(25)23-21(27)29-6-2)19(31-16)22-17(24)13-10-8-9-11-14(13)30-7-3/h8-11H,5-7H2,1-4H3,(H,22,24)(H,23,25,27). The number of anilines is 1. The van der Waals surface area contributed by atoms with Crippen molar-refractivity contribution in [1.29, 1.82) is 0 Å². The highest BCUT2D eigenvalue weighted by Gasteiger charge is 2.28. The first-order valence-corrected chi connectivity index (χ1v) is 11.5. The summed E-state index contributed by atoms with van der Waals surface area (Å²) in [6.07, 6.45) is -0.919. The zero-order chi connectivity index (χ0) is 23.0. The van der Waals surface area contributed by atoms with E-state index in [1.54, 1.807) is 32.9 Å². The molecule has 0 fully saturated rings. The normalized spacial score (nSPS) is 10.3. The van der Waals surface area contributed by atoms with Crippen LogP contribution in [-0.4, -0.2) is 42.8 Å². The van der Waals surface area contributed by atoms with Crippen LogP contribution in [0.15, 0.2) is 29.2 Å². The van der Waals surface area contributed by atoms with E-state index in [-0.39, 0.29) is 28.7 Å². The number of esters is 1. The highest BCUT2D eigenvalue weighted by molar-refractivity contribution is 7.99. The molecule has 0 aliphatic carbocycles. The Morgan fingerprint density at radius 2 is 1.68 bits per heavy atom. The lowest BCUT2D eigenvalue weighted by molar-refractivity contribution is 0.0531. The molecule has 8 nitrogen and oxygen atoms in total. The van der Waals surface area contributed by atoms with Crippen molar-refractivity contribution in [2.75, 3.05) is 24.3 Å². The van der Waals surface area contributed by atoms with Crippen molar-refractivity contribution in [3.05, 3.63) is 45.8 Å². The maximum Gasteiger partial charge on any atom is 0.414 e. The second-order valence-electron chi connectivity index (χ2n) is 6.04. The third-order valence-electron chi connectivity index (χ3n) is 3.98. The van der Waals surface area contributed by atoms with Crippen molar-refractivity contribution in [3.8, 4) is 0 Å². The third kappa shape index (κ3) is 6.08. The lowest BCUT2D eigenvalue weighted by atomic mass is 10.1. The molecule has 0 atom stereocenters. The van der Waals surface area contributed by atoms with Crippen molar-refractivity contribution in [2.24, 2.45) is 0 Å². The first-order valence-electron chi connectivity index (χ1n) is 9.65. The summed E-state index contributed by atoms with van der Waals surface area (Å²) in [6.45, 7) is 7.05. The lowest BCUT2D eigenvalue weighted by Gasteiger charge is -2.10. The van der Waals surface area contributed by atoms with Gasteiger partial charge in [-0.1, -0.05) is 19.1 Å². The minimum absolute atomic E-state index is 0.00934. The maximum atomic E-state index is 13.0. The van der Waals surface area contributed by atoms with Gasteiger partial charge in [-0.05, 0) is 44.2 Å². The first kappa shape index (κ1) is 24.4. The van der Waals surface area contributed by atoms with Gasteiger partial charge in [-0.15, -0.1) is 23.1 Å². The van der Waals surface area contributed by atoms with Gasteiger partial charge in [-0.2, -0.15) is 0 Å². The van der Waals surface area contributed by atoms with Crippen LogP contribution in [0.4, 0.5) is 9.80 Å². The van der Waals surface area contributed by atoms with Gasteiger partial charge in [-0.3, -0.25) is 14.9 Å². The minimum atomic E-state index is -0.919. The summed E-state index contributed by atoms with van der Waals surface area (Å²) in [7, 11) is 0. The Bertz CT molecular complexity index is 986. The van der Waals surface area contributed by atoms with Crippen LogP contribution in [0.25, 0.3) is 0 Å². The highest BCUT2D eigenvalue weighted by atomic mass is 32.2. The van der Waals surface area contributed by atoms with Crippen LogP contribution < -0.4 is 10.6 Å². The maximum absolute atomic E-state index is 13.0. The van der Waals surface area contributed by atoms with Gasteiger partial charge >= 0.3 is 12.1 Å². The molecule has 0 aliphatic heterocycles. The predicted molar refractivity (Wildman–Crippen MR) is 120 cm³/mol. The monoisotopic (exact) mass is 464 g/mol. The molecule has 166 valence electrons. The van der Waals surface area contributed by atoms with Crippen LogP contribution in [0, 0.1) is 6.92 Å². The van der Waals surface area contributed by atoms with Crippen molar-refractivity contribution < 1.29 is 28.7 Å². The minimum Gasteiger partial charge on any atom is -0.462 e. The Morgan fingerprint density at radius 1 is 1.00 bits per heavy atom. The Morgan fingerprint density at radius 3 is 2.32 bits per heavy atom. The van der Waals surface area contributed by atoms with E-state index in [0.29, 0.717) is 11.1 Å². The topological polar surface area (TPSA) is 111 Å². The van der Waals surface area contributed by atoms with Gasteiger partial charge in [0.05, 0.1) is 24.3 Å². The van der Waals surface area contributed by atoms with E-state index in [4.69, 9.17) is 9.47 Å². The predicted octanol–water partition coefficient (Wildman–Crippen LogP) is 4.48. The quantitative estimate of drug-likeness (QED) is 0.437. The summed E-state index contributed by atoms with van der Waals surface area (Å²) in [4.78, 5) is 50.7. The fourth-order valence-corrected chi connectivity index (χ4v) is 4.59. The van der Waals surface area contributed by atoms with Crippen LogP contribution in [0.2, 0.25) is 0 Å². The second kappa shape index (κ2) is 11.5. The SMILES string of the molecule is CCOC(=O)NC(=O)c1c(NC(=O)c2ccccc2SCC)sc(C(=O)OCC)c1C. The molecule has 2 N–H and O–H groups in total. The van der Waals surface area contributed by atoms with Crippen LogP contribution in [0.5, 0.6) is 0 Å². The molecule has 2 rings (SSSR count). The fourth-order valence-electron chi connectivity index (χ4n) is 2.69. The van der Waals surface area contributed by atoms with E-state index in [1.807, 2.05) is 19.1 Å². The number of imide groups is 1. The van der Waals surface area contributed by atoms with E-state index in [9.17, 15) is 19.2 Å². The summed E-state index contributed by atoms with van der Waals surface area (Å²) < 4.78 is 9.80. The van der Waals surface area contributed by atoms with E-state index < -0.39 is 23.9 Å². The molecular formula is C21H24N2O6S2. The summed E-state index contributed by atoms with van der Waals surface area (Å²) in [5.41, 5.74) is 0.752. The molecule has 0 bridgehead atoms. The molecule has 2 aromatic rings. The molecule has 1 aromatic heterocycles. The summed E-state index contributed by atoms with van der Waals surface area (Å²) in [5.74, 6) is -1.05. The molecule has 3 amide bonds. The summed E-state index contributed by atoms with van der Waals surface area (Å²) >= 11 is 2.43. The average molecular weight is 465 g/mol. The Hall–Kier alpha value is -2.85. The zero-order valence-corrected chi connectivity index (χ0v) is 19.3. The lowest BCUT2D eigenvalue weighted by Crippen LogP contribution is -2.32. The van der Waals surface area contributed by atoms with Crippen LogP contribution in [-0.2, 0) is 9.47 Å². The number of thioether (sulfide) groups is 1. The molecular weight excluding hydrogens is 440 g/mol. The number of carbonyl (C=O) groups excluding carboxylic acids is 4. The van der Waals surface area contributed by atoms with Gasteiger partial charge in [0, 0.05) is 4.90 Å². The Balaban J connectivity index is 2.44. The van der Waals surface area contributed by atoms with Crippen LogP contribution >= 0.6 is 23.1 Å². The first-order chi connectivity index (χ1) is 14.8. The number of hydrogen-bond donors (Lipinski definition) is 2. The molecule has 10 heteroatoms. The molecule has 31 heavy (non-hydrogen) atoms. The van der Waals surface area contributed by atoms with E-state index in [2.05, 4.69) is 10.6 Å². The molecule has 0 saturated heterocycles. The second-order valence-corrected chi connectivity index (χ2v) is 8.37. The number of rotatable bonds is 8. The van der Waals surface area contributed by atoms with Gasteiger partial charge < -0.3 is 14.8 Å². The fraction of sp³-hybridized carbons (Fsp3) is 0.333. The highest BCUT2D eigenvalue weighted by Crippen LogP contribution is 2.34. The number of benzene rings is 1. The number of alkyl carbamates (subject to hydrolysis) is 1. The molecule has 0 unspecified atom stereocenters. The van der Waals surface area contributed by atoms with Crippen LogP contribution in [0.3, 0.4) is 0 Å². The third-order valence-corrected chi connectivity index (χ3v) is 6.13. The average Bonchev–Trinajstić information content (AvgIpc) is 3.04. The van der Waals surface area contributed by atoms with E-state index >= 15 is 0 Å². The number of thiophene rings is 1. The molecule has 1 heterocycles. The Labute approximate surface area is 188 Å². The number of hydrogen-bond acceptors (Lipinski definition) is 8. The molecule has 0 aliphatic rings. The number of carbonyl (C=O) groups is 4. The van der Waals surface area contributed by atoms with Crippen molar-refractivity contribution in [1.82, 2.24) is 5.32 Å².